The minimum Gasteiger partial charge on any atom is -0.495 e. The lowest BCUT2D eigenvalue weighted by Crippen LogP contribution is -2.33. The van der Waals surface area contributed by atoms with Gasteiger partial charge in [-0.2, -0.15) is 0 Å². The molecule has 3 aromatic rings. The molecule has 0 bridgehead atoms. The lowest BCUT2D eigenvalue weighted by molar-refractivity contribution is -0.120. The van der Waals surface area contributed by atoms with Crippen molar-refractivity contribution in [2.45, 2.75) is 6.92 Å². The summed E-state index contributed by atoms with van der Waals surface area (Å²) in [5, 5.41) is 3.14. The highest BCUT2D eigenvalue weighted by molar-refractivity contribution is 6.46. The average molecular weight is 444 g/mol. The van der Waals surface area contributed by atoms with Crippen LogP contribution in [-0.2, 0) is 9.59 Å². The summed E-state index contributed by atoms with van der Waals surface area (Å²) < 4.78 is 16.2. The third-order valence-electron chi connectivity index (χ3n) is 5.48. The minimum atomic E-state index is -0.454. The number of carbonyl (C=O) groups is 2. The van der Waals surface area contributed by atoms with E-state index in [4.69, 9.17) is 14.2 Å². The van der Waals surface area contributed by atoms with Crippen LogP contribution < -0.4 is 24.4 Å². The molecule has 3 aromatic carbocycles. The number of para-hydroxylation sites is 3. The van der Waals surface area contributed by atoms with E-state index in [1.54, 1.807) is 49.6 Å². The van der Waals surface area contributed by atoms with Crippen LogP contribution in [0.25, 0.3) is 5.57 Å². The standard InChI is InChI=1S/C26H24N2O5/c1-16-9-5-7-11-19(16)28-25(29)23(17-13-14-21(32-3)22(15-17)33-4)24(26(28)30)27-18-10-6-8-12-20(18)31-2/h5-15,27H,1-4H3. The number of imide groups is 1. The predicted molar refractivity (Wildman–Crippen MR) is 127 cm³/mol. The van der Waals surface area contributed by atoms with Gasteiger partial charge in [-0.1, -0.05) is 36.4 Å². The summed E-state index contributed by atoms with van der Waals surface area (Å²) >= 11 is 0. The number of ether oxygens (including phenoxy) is 3. The summed E-state index contributed by atoms with van der Waals surface area (Å²) in [6.45, 7) is 1.86. The first-order valence-corrected chi connectivity index (χ1v) is 10.3. The monoisotopic (exact) mass is 444 g/mol. The molecular formula is C26H24N2O5. The number of aryl methyl sites for hydroxylation is 1. The van der Waals surface area contributed by atoms with E-state index >= 15 is 0 Å². The Morgan fingerprint density at radius 3 is 2.09 bits per heavy atom. The highest BCUT2D eigenvalue weighted by Crippen LogP contribution is 2.39. The van der Waals surface area contributed by atoms with Crippen LogP contribution >= 0.6 is 0 Å². The Kier molecular flexibility index (Phi) is 6.04. The maximum absolute atomic E-state index is 13.7. The smallest absolute Gasteiger partial charge is 0.282 e. The number of amides is 2. The van der Waals surface area contributed by atoms with E-state index in [0.717, 1.165) is 5.56 Å². The quantitative estimate of drug-likeness (QED) is 0.544. The van der Waals surface area contributed by atoms with Crippen LogP contribution in [0.4, 0.5) is 11.4 Å². The number of hydrogen-bond donors (Lipinski definition) is 1. The Hall–Kier alpha value is -4.26. The highest BCUT2D eigenvalue weighted by Gasteiger charge is 2.41. The Balaban J connectivity index is 1.89. The largest absolute Gasteiger partial charge is 0.495 e. The van der Waals surface area contributed by atoms with Crippen molar-refractivity contribution in [1.82, 2.24) is 0 Å². The molecule has 0 atom stereocenters. The highest BCUT2D eigenvalue weighted by atomic mass is 16.5. The molecule has 33 heavy (non-hydrogen) atoms. The van der Waals surface area contributed by atoms with Gasteiger partial charge < -0.3 is 19.5 Å². The van der Waals surface area contributed by atoms with Crippen LogP contribution in [0.15, 0.2) is 72.4 Å². The molecule has 1 N–H and O–H groups in total. The minimum absolute atomic E-state index is 0.153. The second-order valence-electron chi connectivity index (χ2n) is 7.38. The van der Waals surface area contributed by atoms with Crippen LogP contribution in [0.3, 0.4) is 0 Å². The molecule has 0 spiro atoms. The topological polar surface area (TPSA) is 77.1 Å². The number of methoxy groups -OCH3 is 3. The summed E-state index contributed by atoms with van der Waals surface area (Å²) in [5.74, 6) is 0.637. The number of nitrogens with zero attached hydrogens (tertiary/aromatic N) is 1. The summed E-state index contributed by atoms with van der Waals surface area (Å²) in [7, 11) is 4.60. The maximum atomic E-state index is 13.7. The van der Waals surface area contributed by atoms with Crippen molar-refractivity contribution >= 4 is 28.8 Å². The number of anilines is 2. The molecule has 4 rings (SSSR count). The van der Waals surface area contributed by atoms with Crippen molar-refractivity contribution in [3.63, 3.8) is 0 Å². The number of benzene rings is 3. The molecule has 1 aliphatic heterocycles. The Morgan fingerprint density at radius 2 is 1.39 bits per heavy atom. The first-order chi connectivity index (χ1) is 16.0. The van der Waals surface area contributed by atoms with Gasteiger partial charge in [0.15, 0.2) is 11.5 Å². The molecule has 7 nitrogen and oxygen atoms in total. The zero-order valence-corrected chi connectivity index (χ0v) is 18.8. The molecule has 0 saturated heterocycles. The SMILES string of the molecule is COc1ccccc1NC1=C(c2ccc(OC)c(OC)c2)C(=O)N(c2ccccc2C)C1=O. The second kappa shape index (κ2) is 9.08. The van der Waals surface area contributed by atoms with Gasteiger partial charge in [0.1, 0.15) is 11.4 Å². The normalized spacial score (nSPS) is 13.4. The van der Waals surface area contributed by atoms with Gasteiger partial charge in [-0.05, 0) is 48.4 Å². The van der Waals surface area contributed by atoms with E-state index in [2.05, 4.69) is 5.32 Å². The Morgan fingerprint density at radius 1 is 0.727 bits per heavy atom. The van der Waals surface area contributed by atoms with Crippen LogP contribution in [0.5, 0.6) is 17.2 Å². The van der Waals surface area contributed by atoms with Crippen LogP contribution in [-0.4, -0.2) is 33.1 Å². The second-order valence-corrected chi connectivity index (χ2v) is 7.38. The van der Waals surface area contributed by atoms with E-state index in [9.17, 15) is 9.59 Å². The molecule has 0 saturated carbocycles. The van der Waals surface area contributed by atoms with Crippen molar-refractivity contribution in [1.29, 1.82) is 0 Å². The zero-order chi connectivity index (χ0) is 23.5. The summed E-state index contributed by atoms with van der Waals surface area (Å²) in [5.41, 5.74) is 2.82. The molecule has 0 unspecified atom stereocenters. The van der Waals surface area contributed by atoms with Gasteiger partial charge in [-0.15, -0.1) is 0 Å². The summed E-state index contributed by atoms with van der Waals surface area (Å²) in [6, 6.07) is 19.6. The fourth-order valence-electron chi connectivity index (χ4n) is 3.82. The maximum Gasteiger partial charge on any atom is 0.282 e. The van der Waals surface area contributed by atoms with Gasteiger partial charge in [0.25, 0.3) is 11.8 Å². The lowest BCUT2D eigenvalue weighted by Gasteiger charge is -2.18. The number of nitrogens with one attached hydrogen (secondary N) is 1. The van der Waals surface area contributed by atoms with Crippen molar-refractivity contribution in [2.24, 2.45) is 0 Å². The first-order valence-electron chi connectivity index (χ1n) is 10.3. The summed E-state index contributed by atoms with van der Waals surface area (Å²) in [4.78, 5) is 28.5. The zero-order valence-electron chi connectivity index (χ0n) is 18.8. The molecule has 0 aromatic heterocycles. The molecule has 0 fully saturated rings. The van der Waals surface area contributed by atoms with Crippen molar-refractivity contribution in [2.75, 3.05) is 31.5 Å². The van der Waals surface area contributed by atoms with Crippen LogP contribution in [0.2, 0.25) is 0 Å². The fourth-order valence-corrected chi connectivity index (χ4v) is 3.82. The molecule has 168 valence electrons. The fraction of sp³-hybridized carbons (Fsp3) is 0.154. The molecule has 7 heteroatoms. The van der Waals surface area contributed by atoms with E-state index in [-0.39, 0.29) is 11.3 Å². The van der Waals surface area contributed by atoms with Gasteiger partial charge in [0.05, 0.1) is 38.3 Å². The van der Waals surface area contributed by atoms with Crippen LogP contribution in [0.1, 0.15) is 11.1 Å². The average Bonchev–Trinajstić information content (AvgIpc) is 3.08. The first kappa shape index (κ1) is 22.0. The number of carbonyl (C=O) groups excluding carboxylic acids is 2. The third-order valence-corrected chi connectivity index (χ3v) is 5.48. The molecule has 0 aliphatic carbocycles. The summed E-state index contributed by atoms with van der Waals surface area (Å²) in [6.07, 6.45) is 0. The van der Waals surface area contributed by atoms with E-state index in [0.29, 0.717) is 34.2 Å². The van der Waals surface area contributed by atoms with E-state index in [1.807, 2.05) is 31.2 Å². The Bertz CT molecular complexity index is 1270. The van der Waals surface area contributed by atoms with Crippen molar-refractivity contribution < 1.29 is 23.8 Å². The van der Waals surface area contributed by atoms with Crippen molar-refractivity contribution in [3.05, 3.63) is 83.6 Å². The molecule has 0 radical (unpaired) electrons. The van der Waals surface area contributed by atoms with E-state index in [1.165, 1.54) is 19.1 Å². The molecule has 2 amide bonds. The number of rotatable bonds is 7. The van der Waals surface area contributed by atoms with Gasteiger partial charge >= 0.3 is 0 Å². The third kappa shape index (κ3) is 3.89. The van der Waals surface area contributed by atoms with Crippen molar-refractivity contribution in [3.8, 4) is 17.2 Å². The molecule has 1 aliphatic rings. The van der Waals surface area contributed by atoms with Gasteiger partial charge in [-0.25, -0.2) is 4.90 Å². The van der Waals surface area contributed by atoms with E-state index < -0.39 is 11.8 Å². The molecular weight excluding hydrogens is 420 g/mol. The molecule has 1 heterocycles. The lowest BCUT2D eigenvalue weighted by atomic mass is 10.0. The van der Waals surface area contributed by atoms with Crippen LogP contribution in [0, 0.1) is 6.92 Å². The number of hydrogen-bond acceptors (Lipinski definition) is 6. The Labute approximate surface area is 192 Å². The van der Waals surface area contributed by atoms with Gasteiger partial charge in [-0.3, -0.25) is 9.59 Å². The van der Waals surface area contributed by atoms with Gasteiger partial charge in [0.2, 0.25) is 0 Å². The predicted octanol–water partition coefficient (Wildman–Crippen LogP) is 4.42. The van der Waals surface area contributed by atoms with Gasteiger partial charge in [0, 0.05) is 0 Å².